The number of anilines is 1. The number of aromatic hydroxyl groups is 1. The zero-order chi connectivity index (χ0) is 14.7. The topological polar surface area (TPSA) is 110 Å². The van der Waals surface area contributed by atoms with Gasteiger partial charge in [0.25, 0.3) is 0 Å². The number of rotatable bonds is 2. The van der Waals surface area contributed by atoms with E-state index in [4.69, 9.17) is 5.11 Å². The van der Waals surface area contributed by atoms with Crippen LogP contribution >= 0.6 is 0 Å². The Morgan fingerprint density at radius 2 is 2.10 bits per heavy atom. The van der Waals surface area contributed by atoms with Crippen molar-refractivity contribution in [2.24, 2.45) is 0 Å². The molecule has 1 heterocycles. The summed E-state index contributed by atoms with van der Waals surface area (Å²) in [7, 11) is 0. The second-order valence-corrected chi connectivity index (χ2v) is 4.71. The van der Waals surface area contributed by atoms with E-state index in [1.54, 1.807) is 0 Å². The predicted octanol–water partition coefficient (Wildman–Crippen LogP) is 1.08. The van der Waals surface area contributed by atoms with Crippen LogP contribution in [-0.2, 0) is 0 Å². The molecule has 2 rings (SSSR count). The van der Waals surface area contributed by atoms with E-state index >= 15 is 0 Å². The molecule has 1 atom stereocenters. The van der Waals surface area contributed by atoms with Crippen molar-refractivity contribution in [3.8, 4) is 5.75 Å². The van der Waals surface area contributed by atoms with Gasteiger partial charge in [-0.05, 0) is 25.0 Å². The van der Waals surface area contributed by atoms with Gasteiger partial charge in [-0.2, -0.15) is 0 Å². The molecule has 0 aliphatic carbocycles. The number of aliphatic hydroxyl groups is 1. The van der Waals surface area contributed by atoms with Crippen molar-refractivity contribution in [1.29, 1.82) is 0 Å². The summed E-state index contributed by atoms with van der Waals surface area (Å²) < 4.78 is 0. The van der Waals surface area contributed by atoms with Crippen LogP contribution < -0.4 is 5.32 Å². The molecule has 2 amide bonds. The number of phenols is 1. The molecular weight excluding hydrogens is 264 g/mol. The minimum absolute atomic E-state index is 0.226. The van der Waals surface area contributed by atoms with Crippen LogP contribution in [0, 0.1) is 0 Å². The number of aliphatic hydroxyl groups excluding tert-OH is 1. The number of likely N-dealkylation sites (tertiary alicyclic amines) is 1. The molecule has 1 fully saturated rings. The summed E-state index contributed by atoms with van der Waals surface area (Å²) in [5.41, 5.74) is 0.0777. The summed E-state index contributed by atoms with van der Waals surface area (Å²) in [5.74, 6) is -1.64. The van der Waals surface area contributed by atoms with Crippen LogP contribution in [0.1, 0.15) is 23.2 Å². The summed E-state index contributed by atoms with van der Waals surface area (Å²) in [4.78, 5) is 24.2. The minimum Gasteiger partial charge on any atom is -0.507 e. The lowest BCUT2D eigenvalue weighted by Gasteiger charge is -2.30. The van der Waals surface area contributed by atoms with Gasteiger partial charge in [0.1, 0.15) is 11.3 Å². The molecule has 108 valence electrons. The van der Waals surface area contributed by atoms with Gasteiger partial charge in [-0.1, -0.05) is 0 Å². The van der Waals surface area contributed by atoms with E-state index in [9.17, 15) is 19.8 Å². The zero-order valence-corrected chi connectivity index (χ0v) is 10.7. The van der Waals surface area contributed by atoms with Crippen molar-refractivity contribution >= 4 is 17.7 Å². The van der Waals surface area contributed by atoms with Crippen LogP contribution in [-0.4, -0.2) is 51.4 Å². The lowest BCUT2D eigenvalue weighted by molar-refractivity contribution is 0.0693. The molecule has 4 N–H and O–H groups in total. The highest BCUT2D eigenvalue weighted by Gasteiger charge is 2.22. The second kappa shape index (κ2) is 5.79. The number of hydrogen-bond acceptors (Lipinski definition) is 4. The molecule has 0 radical (unpaired) electrons. The van der Waals surface area contributed by atoms with Crippen LogP contribution in [0.5, 0.6) is 5.75 Å². The van der Waals surface area contributed by atoms with E-state index in [-0.39, 0.29) is 18.1 Å². The smallest absolute Gasteiger partial charge is 0.339 e. The van der Waals surface area contributed by atoms with E-state index < -0.39 is 17.8 Å². The molecule has 0 spiro atoms. The first-order valence-electron chi connectivity index (χ1n) is 6.27. The molecule has 1 aromatic rings. The molecule has 7 heteroatoms. The first kappa shape index (κ1) is 14.1. The van der Waals surface area contributed by atoms with Crippen molar-refractivity contribution < 1.29 is 24.9 Å². The number of urea groups is 1. The van der Waals surface area contributed by atoms with E-state index in [0.717, 1.165) is 6.42 Å². The van der Waals surface area contributed by atoms with Gasteiger partial charge in [-0.15, -0.1) is 0 Å². The SMILES string of the molecule is O=C(O)c1ccc(NC(=O)N2CCCC(O)C2)cc1O. The molecule has 0 aromatic heterocycles. The molecule has 0 bridgehead atoms. The Hall–Kier alpha value is -2.28. The summed E-state index contributed by atoms with van der Waals surface area (Å²) in [6.07, 6.45) is 0.896. The molecule has 1 aromatic carbocycles. The zero-order valence-electron chi connectivity index (χ0n) is 10.7. The van der Waals surface area contributed by atoms with Crippen molar-refractivity contribution in [3.63, 3.8) is 0 Å². The number of nitrogens with zero attached hydrogens (tertiary/aromatic N) is 1. The molecule has 1 saturated heterocycles. The van der Waals surface area contributed by atoms with Crippen LogP contribution in [0.2, 0.25) is 0 Å². The maximum atomic E-state index is 11.9. The molecule has 7 nitrogen and oxygen atoms in total. The largest absolute Gasteiger partial charge is 0.507 e. The Morgan fingerprint density at radius 3 is 2.70 bits per heavy atom. The van der Waals surface area contributed by atoms with Gasteiger partial charge < -0.3 is 25.5 Å². The molecule has 1 unspecified atom stereocenters. The monoisotopic (exact) mass is 280 g/mol. The highest BCUT2D eigenvalue weighted by molar-refractivity contribution is 5.94. The number of β-amino-alcohol motifs (C(OH)–C–C–N with tert-alkyl or cyclic N) is 1. The van der Waals surface area contributed by atoms with Gasteiger partial charge in [0.15, 0.2) is 0 Å². The fourth-order valence-electron chi connectivity index (χ4n) is 2.13. The summed E-state index contributed by atoms with van der Waals surface area (Å²) in [6, 6.07) is 3.42. The third-order valence-electron chi connectivity index (χ3n) is 3.16. The van der Waals surface area contributed by atoms with Gasteiger partial charge in [0.05, 0.1) is 6.10 Å². The predicted molar refractivity (Wildman–Crippen MR) is 70.9 cm³/mol. The fraction of sp³-hybridized carbons (Fsp3) is 0.385. The molecule has 20 heavy (non-hydrogen) atoms. The molecular formula is C13H16N2O5. The van der Waals surface area contributed by atoms with E-state index in [1.807, 2.05) is 0 Å². The van der Waals surface area contributed by atoms with Crippen molar-refractivity contribution in [3.05, 3.63) is 23.8 Å². The third kappa shape index (κ3) is 3.18. The Kier molecular flexibility index (Phi) is 4.09. The average Bonchev–Trinajstić information content (AvgIpc) is 2.38. The number of piperidine rings is 1. The lowest BCUT2D eigenvalue weighted by atomic mass is 10.1. The first-order valence-corrected chi connectivity index (χ1v) is 6.27. The van der Waals surface area contributed by atoms with Crippen LogP contribution in [0.15, 0.2) is 18.2 Å². The average molecular weight is 280 g/mol. The number of hydrogen-bond donors (Lipinski definition) is 4. The third-order valence-corrected chi connectivity index (χ3v) is 3.16. The van der Waals surface area contributed by atoms with Gasteiger partial charge in [-0.3, -0.25) is 0 Å². The lowest BCUT2D eigenvalue weighted by Crippen LogP contribution is -2.44. The number of aromatic carboxylic acids is 1. The number of amides is 2. The maximum Gasteiger partial charge on any atom is 0.339 e. The van der Waals surface area contributed by atoms with Crippen molar-refractivity contribution in [2.75, 3.05) is 18.4 Å². The number of carbonyl (C=O) groups is 2. The van der Waals surface area contributed by atoms with E-state index in [0.29, 0.717) is 18.7 Å². The normalized spacial score (nSPS) is 18.6. The van der Waals surface area contributed by atoms with Crippen LogP contribution in [0.25, 0.3) is 0 Å². The van der Waals surface area contributed by atoms with Gasteiger partial charge in [0.2, 0.25) is 0 Å². The molecule has 1 aliphatic heterocycles. The number of carboxylic acid groups (broad SMARTS) is 1. The number of carbonyl (C=O) groups excluding carboxylic acids is 1. The highest BCUT2D eigenvalue weighted by atomic mass is 16.4. The highest BCUT2D eigenvalue weighted by Crippen LogP contribution is 2.22. The van der Waals surface area contributed by atoms with Gasteiger partial charge in [0, 0.05) is 24.8 Å². The van der Waals surface area contributed by atoms with Gasteiger partial charge in [-0.25, -0.2) is 9.59 Å². The summed E-state index contributed by atoms with van der Waals surface area (Å²) >= 11 is 0. The Bertz CT molecular complexity index is 531. The Labute approximate surface area is 115 Å². The number of benzene rings is 1. The molecule has 1 aliphatic rings. The number of nitrogens with one attached hydrogen (secondary N) is 1. The maximum absolute atomic E-state index is 11.9. The summed E-state index contributed by atoms with van der Waals surface area (Å²) in [6.45, 7) is 0.826. The quantitative estimate of drug-likeness (QED) is 0.648. The number of carboxylic acids is 1. The Morgan fingerprint density at radius 1 is 1.35 bits per heavy atom. The second-order valence-electron chi connectivity index (χ2n) is 4.71. The molecule has 0 saturated carbocycles. The van der Waals surface area contributed by atoms with Crippen molar-refractivity contribution in [1.82, 2.24) is 4.90 Å². The first-order chi connectivity index (χ1) is 9.47. The standard InChI is InChI=1S/C13H16N2O5/c16-9-2-1-5-15(7-9)13(20)14-8-3-4-10(12(18)19)11(17)6-8/h3-4,6,9,16-17H,1-2,5,7H2,(H,14,20)(H,18,19). The van der Waals surface area contributed by atoms with Crippen LogP contribution in [0.4, 0.5) is 10.5 Å². The van der Waals surface area contributed by atoms with Crippen LogP contribution in [0.3, 0.4) is 0 Å². The van der Waals surface area contributed by atoms with Crippen molar-refractivity contribution in [2.45, 2.75) is 18.9 Å². The Balaban J connectivity index is 2.04. The van der Waals surface area contributed by atoms with E-state index in [2.05, 4.69) is 5.32 Å². The summed E-state index contributed by atoms with van der Waals surface area (Å²) in [5, 5.41) is 30.4. The van der Waals surface area contributed by atoms with Gasteiger partial charge >= 0.3 is 12.0 Å². The minimum atomic E-state index is -1.24. The van der Waals surface area contributed by atoms with E-state index in [1.165, 1.54) is 23.1 Å². The fourth-order valence-corrected chi connectivity index (χ4v) is 2.13.